The van der Waals surface area contributed by atoms with Crippen molar-refractivity contribution in [2.24, 2.45) is 0 Å². The SMILES string of the molecule is CN(CCc1ccc2c(c1)CCCC2)C(CO)CO. The van der Waals surface area contributed by atoms with E-state index in [0.717, 1.165) is 13.0 Å². The van der Waals surface area contributed by atoms with Gasteiger partial charge in [-0.25, -0.2) is 0 Å². The first kappa shape index (κ1) is 14.5. The van der Waals surface area contributed by atoms with Gasteiger partial charge in [-0.2, -0.15) is 0 Å². The van der Waals surface area contributed by atoms with Crippen LogP contribution in [0.15, 0.2) is 18.2 Å². The fourth-order valence-corrected chi connectivity index (χ4v) is 2.77. The Morgan fingerprint density at radius 3 is 2.47 bits per heavy atom. The summed E-state index contributed by atoms with van der Waals surface area (Å²) in [5.41, 5.74) is 4.40. The second-order valence-electron chi connectivity index (χ2n) is 5.56. The molecule has 2 N–H and O–H groups in total. The van der Waals surface area contributed by atoms with Gasteiger partial charge in [-0.05, 0) is 55.8 Å². The Hall–Kier alpha value is -0.900. The van der Waals surface area contributed by atoms with E-state index in [2.05, 4.69) is 18.2 Å². The molecule has 1 aromatic rings. The Morgan fingerprint density at radius 2 is 1.79 bits per heavy atom. The van der Waals surface area contributed by atoms with Crippen molar-refractivity contribution in [2.45, 2.75) is 38.1 Å². The van der Waals surface area contributed by atoms with Crippen molar-refractivity contribution in [1.82, 2.24) is 4.90 Å². The second-order valence-corrected chi connectivity index (χ2v) is 5.56. The van der Waals surface area contributed by atoms with Crippen LogP contribution < -0.4 is 0 Å². The van der Waals surface area contributed by atoms with Crippen molar-refractivity contribution < 1.29 is 10.2 Å². The average Bonchev–Trinajstić information content (AvgIpc) is 2.46. The number of aliphatic hydroxyl groups is 2. The highest BCUT2D eigenvalue weighted by Gasteiger charge is 2.13. The van der Waals surface area contributed by atoms with E-state index >= 15 is 0 Å². The Kier molecular flexibility index (Phi) is 5.37. The molecule has 1 aliphatic carbocycles. The number of hydrogen-bond donors (Lipinski definition) is 2. The van der Waals surface area contributed by atoms with E-state index in [1.54, 1.807) is 0 Å². The van der Waals surface area contributed by atoms with Crippen LogP contribution in [0.4, 0.5) is 0 Å². The van der Waals surface area contributed by atoms with Crippen molar-refractivity contribution in [1.29, 1.82) is 0 Å². The van der Waals surface area contributed by atoms with Gasteiger partial charge in [-0.3, -0.25) is 4.90 Å². The molecule has 106 valence electrons. The molecule has 0 aromatic heterocycles. The average molecular weight is 263 g/mol. The molecule has 0 saturated heterocycles. The molecule has 0 fully saturated rings. The normalized spacial score (nSPS) is 15.0. The van der Waals surface area contributed by atoms with Crippen molar-refractivity contribution in [3.05, 3.63) is 34.9 Å². The lowest BCUT2D eigenvalue weighted by atomic mass is 9.90. The molecule has 1 aromatic carbocycles. The first-order chi connectivity index (χ1) is 9.24. The largest absolute Gasteiger partial charge is 0.395 e. The van der Waals surface area contributed by atoms with Crippen LogP contribution in [-0.2, 0) is 19.3 Å². The molecule has 3 heteroatoms. The molecular formula is C16H25NO2. The highest BCUT2D eigenvalue weighted by molar-refractivity contribution is 5.33. The van der Waals surface area contributed by atoms with E-state index in [-0.39, 0.29) is 19.3 Å². The number of rotatable bonds is 6. The standard InChI is InChI=1S/C16H25NO2/c1-17(16(11-18)12-19)9-8-13-6-7-14-4-2-3-5-15(14)10-13/h6-7,10,16,18-19H,2-5,8-9,11-12H2,1H3. The van der Waals surface area contributed by atoms with Crippen LogP contribution in [0, 0.1) is 0 Å². The van der Waals surface area contributed by atoms with Crippen LogP contribution in [0.2, 0.25) is 0 Å². The first-order valence-electron chi connectivity index (χ1n) is 7.27. The highest BCUT2D eigenvalue weighted by atomic mass is 16.3. The summed E-state index contributed by atoms with van der Waals surface area (Å²) in [7, 11) is 1.95. The molecule has 0 atom stereocenters. The summed E-state index contributed by atoms with van der Waals surface area (Å²) < 4.78 is 0. The van der Waals surface area contributed by atoms with Gasteiger partial charge in [0.05, 0.1) is 19.3 Å². The van der Waals surface area contributed by atoms with Gasteiger partial charge in [0.2, 0.25) is 0 Å². The number of hydrogen-bond acceptors (Lipinski definition) is 3. The molecule has 0 bridgehead atoms. The van der Waals surface area contributed by atoms with Crippen molar-refractivity contribution in [2.75, 3.05) is 26.8 Å². The fourth-order valence-electron chi connectivity index (χ4n) is 2.77. The third kappa shape index (κ3) is 3.78. The molecule has 0 aliphatic heterocycles. The molecule has 0 amide bonds. The zero-order valence-corrected chi connectivity index (χ0v) is 11.8. The summed E-state index contributed by atoms with van der Waals surface area (Å²) >= 11 is 0. The Bertz CT molecular complexity index is 402. The number of fused-ring (bicyclic) bond motifs is 1. The lowest BCUT2D eigenvalue weighted by molar-refractivity contribution is 0.0925. The molecule has 0 radical (unpaired) electrons. The summed E-state index contributed by atoms with van der Waals surface area (Å²) in [6, 6.07) is 6.71. The molecule has 3 nitrogen and oxygen atoms in total. The molecule has 0 spiro atoms. The molecule has 19 heavy (non-hydrogen) atoms. The topological polar surface area (TPSA) is 43.7 Å². The number of aryl methyl sites for hydroxylation is 2. The van der Waals surface area contributed by atoms with Crippen LogP contribution >= 0.6 is 0 Å². The van der Waals surface area contributed by atoms with Gasteiger partial charge >= 0.3 is 0 Å². The van der Waals surface area contributed by atoms with Gasteiger partial charge in [0, 0.05) is 6.54 Å². The molecule has 1 aliphatic rings. The quantitative estimate of drug-likeness (QED) is 0.815. The highest BCUT2D eigenvalue weighted by Crippen LogP contribution is 2.22. The smallest absolute Gasteiger partial charge is 0.0609 e. The number of nitrogens with zero attached hydrogens (tertiary/aromatic N) is 1. The van der Waals surface area contributed by atoms with Gasteiger partial charge in [0.1, 0.15) is 0 Å². The van der Waals surface area contributed by atoms with Gasteiger partial charge in [0.25, 0.3) is 0 Å². The number of benzene rings is 1. The summed E-state index contributed by atoms with van der Waals surface area (Å²) in [5, 5.41) is 18.3. The second kappa shape index (κ2) is 7.04. The zero-order valence-electron chi connectivity index (χ0n) is 11.8. The van der Waals surface area contributed by atoms with Crippen molar-refractivity contribution in [3.8, 4) is 0 Å². The van der Waals surface area contributed by atoms with Crippen molar-refractivity contribution in [3.63, 3.8) is 0 Å². The summed E-state index contributed by atoms with van der Waals surface area (Å²) in [5.74, 6) is 0. The van der Waals surface area contributed by atoms with Gasteiger partial charge in [0.15, 0.2) is 0 Å². The number of likely N-dealkylation sites (N-methyl/N-ethyl adjacent to an activating group) is 1. The lowest BCUT2D eigenvalue weighted by Gasteiger charge is -2.25. The summed E-state index contributed by atoms with van der Waals surface area (Å²) in [6.07, 6.45) is 6.05. The first-order valence-corrected chi connectivity index (χ1v) is 7.27. The van der Waals surface area contributed by atoms with Crippen LogP contribution in [0.25, 0.3) is 0 Å². The van der Waals surface area contributed by atoms with E-state index in [1.165, 1.54) is 42.4 Å². The van der Waals surface area contributed by atoms with E-state index in [1.807, 2.05) is 11.9 Å². The summed E-state index contributed by atoms with van der Waals surface area (Å²) in [4.78, 5) is 2.03. The fraction of sp³-hybridized carbons (Fsp3) is 0.625. The molecular weight excluding hydrogens is 238 g/mol. The van der Waals surface area contributed by atoms with Gasteiger partial charge in [-0.15, -0.1) is 0 Å². The molecule has 2 rings (SSSR count). The van der Waals surface area contributed by atoms with E-state index in [0.29, 0.717) is 0 Å². The predicted octanol–water partition coefficient (Wildman–Crippen LogP) is 1.39. The third-order valence-corrected chi connectivity index (χ3v) is 4.21. The lowest BCUT2D eigenvalue weighted by Crippen LogP contribution is -2.38. The summed E-state index contributed by atoms with van der Waals surface area (Å²) in [6.45, 7) is 0.888. The maximum Gasteiger partial charge on any atom is 0.0609 e. The van der Waals surface area contributed by atoms with E-state index < -0.39 is 0 Å². The minimum Gasteiger partial charge on any atom is -0.395 e. The minimum absolute atomic E-state index is 0.0111. The maximum atomic E-state index is 9.15. The minimum atomic E-state index is -0.141. The van der Waals surface area contributed by atoms with Gasteiger partial charge in [-0.1, -0.05) is 18.2 Å². The predicted molar refractivity (Wildman–Crippen MR) is 77.4 cm³/mol. The molecule has 0 heterocycles. The van der Waals surface area contributed by atoms with E-state index in [9.17, 15) is 0 Å². The van der Waals surface area contributed by atoms with Crippen LogP contribution in [0.3, 0.4) is 0 Å². The van der Waals surface area contributed by atoms with E-state index in [4.69, 9.17) is 10.2 Å². The number of aliphatic hydroxyl groups excluding tert-OH is 2. The van der Waals surface area contributed by atoms with Crippen molar-refractivity contribution >= 4 is 0 Å². The monoisotopic (exact) mass is 263 g/mol. The molecule has 0 saturated carbocycles. The molecule has 0 unspecified atom stereocenters. The Balaban J connectivity index is 1.92. The van der Waals surface area contributed by atoms with Crippen LogP contribution in [0.5, 0.6) is 0 Å². The Labute approximate surface area is 115 Å². The third-order valence-electron chi connectivity index (χ3n) is 4.21. The zero-order chi connectivity index (χ0) is 13.7. The Morgan fingerprint density at radius 1 is 1.11 bits per heavy atom. The maximum absolute atomic E-state index is 9.15. The van der Waals surface area contributed by atoms with Gasteiger partial charge < -0.3 is 10.2 Å². The van der Waals surface area contributed by atoms with Crippen LogP contribution in [-0.4, -0.2) is 48.0 Å². The van der Waals surface area contributed by atoms with Crippen LogP contribution in [0.1, 0.15) is 29.5 Å².